The minimum atomic E-state index is -4.44. The molecular formula is C10H9ClF3N. The molecular weight excluding hydrogens is 227 g/mol. The molecule has 0 heterocycles. The van der Waals surface area contributed by atoms with Crippen LogP contribution in [0.5, 0.6) is 0 Å². The summed E-state index contributed by atoms with van der Waals surface area (Å²) in [5, 5.41) is -0.310. The Morgan fingerprint density at radius 3 is 2.33 bits per heavy atom. The van der Waals surface area contributed by atoms with Crippen molar-refractivity contribution in [2.45, 2.75) is 20.0 Å². The summed E-state index contributed by atoms with van der Waals surface area (Å²) in [6.07, 6.45) is -4.44. The van der Waals surface area contributed by atoms with Gasteiger partial charge in [-0.1, -0.05) is 11.6 Å². The molecule has 0 radical (unpaired) electrons. The largest absolute Gasteiger partial charge is 0.417 e. The van der Waals surface area contributed by atoms with Crippen molar-refractivity contribution in [3.8, 4) is 0 Å². The van der Waals surface area contributed by atoms with Crippen LogP contribution in [0.3, 0.4) is 0 Å². The Kier molecular flexibility index (Phi) is 3.39. The van der Waals surface area contributed by atoms with Gasteiger partial charge < -0.3 is 0 Å². The van der Waals surface area contributed by atoms with Gasteiger partial charge in [0.2, 0.25) is 0 Å². The van der Waals surface area contributed by atoms with E-state index in [0.29, 0.717) is 5.71 Å². The molecule has 0 aliphatic rings. The van der Waals surface area contributed by atoms with E-state index in [0.717, 1.165) is 6.07 Å². The van der Waals surface area contributed by atoms with Crippen LogP contribution in [0.15, 0.2) is 23.2 Å². The minimum Gasteiger partial charge on any atom is -0.258 e. The van der Waals surface area contributed by atoms with Crippen LogP contribution >= 0.6 is 11.6 Å². The summed E-state index contributed by atoms with van der Waals surface area (Å²) in [5.41, 5.74) is 0.0869. The molecule has 1 nitrogen and oxygen atoms in total. The SMILES string of the molecule is CC(C)=Nc1ccc(Cl)c(C(F)(F)F)c1. The fourth-order valence-corrected chi connectivity index (χ4v) is 1.28. The molecule has 0 amide bonds. The molecule has 1 aromatic rings. The van der Waals surface area contributed by atoms with Crippen LogP contribution in [0.25, 0.3) is 0 Å². The Labute approximate surface area is 90.6 Å². The van der Waals surface area contributed by atoms with E-state index in [2.05, 4.69) is 4.99 Å². The standard InChI is InChI=1S/C10H9ClF3N/c1-6(2)15-7-3-4-9(11)8(5-7)10(12,13)14/h3-5H,1-2H3. The molecule has 0 aliphatic heterocycles. The van der Waals surface area contributed by atoms with Crippen molar-refractivity contribution in [2.75, 3.05) is 0 Å². The number of aliphatic imine (C=N–C) groups is 1. The summed E-state index contributed by atoms with van der Waals surface area (Å²) in [4.78, 5) is 3.93. The quantitative estimate of drug-likeness (QED) is 0.637. The monoisotopic (exact) mass is 235 g/mol. The van der Waals surface area contributed by atoms with Crippen molar-refractivity contribution in [1.29, 1.82) is 0 Å². The molecule has 5 heteroatoms. The lowest BCUT2D eigenvalue weighted by Gasteiger charge is -2.09. The molecule has 1 rings (SSSR count). The first kappa shape index (κ1) is 12.0. The van der Waals surface area contributed by atoms with Crippen LogP contribution in [0.1, 0.15) is 19.4 Å². The summed E-state index contributed by atoms with van der Waals surface area (Å²) in [5.74, 6) is 0. The van der Waals surface area contributed by atoms with Crippen molar-refractivity contribution in [3.05, 3.63) is 28.8 Å². The highest BCUT2D eigenvalue weighted by Gasteiger charge is 2.33. The normalized spacial score (nSPS) is 11.3. The number of hydrogen-bond donors (Lipinski definition) is 0. The Morgan fingerprint density at radius 1 is 1.27 bits per heavy atom. The second kappa shape index (κ2) is 4.23. The van der Waals surface area contributed by atoms with Gasteiger partial charge >= 0.3 is 6.18 Å². The highest BCUT2D eigenvalue weighted by molar-refractivity contribution is 6.31. The Bertz CT molecular complexity index is 392. The second-order valence-electron chi connectivity index (χ2n) is 3.22. The van der Waals surface area contributed by atoms with E-state index in [1.54, 1.807) is 13.8 Å². The van der Waals surface area contributed by atoms with Gasteiger partial charge in [0.15, 0.2) is 0 Å². The van der Waals surface area contributed by atoms with Crippen LogP contribution in [-0.4, -0.2) is 5.71 Å². The lowest BCUT2D eigenvalue weighted by Crippen LogP contribution is -2.05. The van der Waals surface area contributed by atoms with E-state index in [9.17, 15) is 13.2 Å². The van der Waals surface area contributed by atoms with Crippen molar-refractivity contribution < 1.29 is 13.2 Å². The predicted octanol–water partition coefficient (Wildman–Crippen LogP) is 4.47. The smallest absolute Gasteiger partial charge is 0.258 e. The lowest BCUT2D eigenvalue weighted by molar-refractivity contribution is -0.137. The molecule has 0 N–H and O–H groups in total. The van der Waals surface area contributed by atoms with Crippen LogP contribution in [0.4, 0.5) is 18.9 Å². The van der Waals surface area contributed by atoms with Gasteiger partial charge in [-0.3, -0.25) is 4.99 Å². The first-order valence-electron chi connectivity index (χ1n) is 4.19. The maximum atomic E-state index is 12.4. The number of rotatable bonds is 1. The summed E-state index contributed by atoms with van der Waals surface area (Å²) < 4.78 is 37.3. The average Bonchev–Trinajstić information content (AvgIpc) is 2.05. The summed E-state index contributed by atoms with van der Waals surface area (Å²) in [7, 11) is 0. The van der Waals surface area contributed by atoms with E-state index < -0.39 is 11.7 Å². The third-order valence-corrected chi connectivity index (χ3v) is 1.94. The van der Waals surface area contributed by atoms with Gasteiger partial charge in [-0.05, 0) is 32.0 Å². The van der Waals surface area contributed by atoms with Gasteiger partial charge in [0.05, 0.1) is 16.3 Å². The van der Waals surface area contributed by atoms with Crippen molar-refractivity contribution in [2.24, 2.45) is 4.99 Å². The Morgan fingerprint density at radius 2 is 1.87 bits per heavy atom. The van der Waals surface area contributed by atoms with Crippen LogP contribution < -0.4 is 0 Å². The average molecular weight is 236 g/mol. The number of hydrogen-bond acceptors (Lipinski definition) is 1. The topological polar surface area (TPSA) is 12.4 Å². The molecule has 0 saturated carbocycles. The summed E-state index contributed by atoms with van der Waals surface area (Å²) in [6.45, 7) is 3.42. The molecule has 1 aromatic carbocycles. The fraction of sp³-hybridized carbons (Fsp3) is 0.300. The van der Waals surface area contributed by atoms with Crippen molar-refractivity contribution in [3.63, 3.8) is 0 Å². The maximum Gasteiger partial charge on any atom is 0.417 e. The zero-order valence-corrected chi connectivity index (χ0v) is 8.95. The van der Waals surface area contributed by atoms with Gasteiger partial charge in [0, 0.05) is 5.71 Å². The molecule has 0 bridgehead atoms. The van der Waals surface area contributed by atoms with E-state index in [-0.39, 0.29) is 10.7 Å². The lowest BCUT2D eigenvalue weighted by atomic mass is 10.2. The van der Waals surface area contributed by atoms with E-state index in [4.69, 9.17) is 11.6 Å². The second-order valence-corrected chi connectivity index (χ2v) is 3.63. The third-order valence-electron chi connectivity index (χ3n) is 1.61. The van der Waals surface area contributed by atoms with E-state index in [1.807, 2.05) is 0 Å². The molecule has 0 aromatic heterocycles. The predicted molar refractivity (Wildman–Crippen MR) is 54.9 cm³/mol. The molecule has 82 valence electrons. The van der Waals surface area contributed by atoms with Gasteiger partial charge in [0.1, 0.15) is 0 Å². The number of benzene rings is 1. The molecule has 0 unspecified atom stereocenters. The van der Waals surface area contributed by atoms with Crippen molar-refractivity contribution >= 4 is 23.0 Å². The Hall–Kier alpha value is -1.03. The molecule has 0 fully saturated rings. The number of halogens is 4. The van der Waals surface area contributed by atoms with Crippen LogP contribution in [0, 0.1) is 0 Å². The van der Waals surface area contributed by atoms with E-state index in [1.165, 1.54) is 12.1 Å². The first-order chi connectivity index (χ1) is 6.80. The molecule has 0 saturated heterocycles. The number of nitrogens with zero attached hydrogens (tertiary/aromatic N) is 1. The van der Waals surface area contributed by atoms with Gasteiger partial charge in [0.25, 0.3) is 0 Å². The van der Waals surface area contributed by atoms with Crippen LogP contribution in [0.2, 0.25) is 5.02 Å². The highest BCUT2D eigenvalue weighted by atomic mass is 35.5. The van der Waals surface area contributed by atoms with Gasteiger partial charge in [-0.2, -0.15) is 13.2 Å². The Balaban J connectivity index is 3.23. The number of alkyl halides is 3. The molecule has 0 spiro atoms. The molecule has 0 atom stereocenters. The highest BCUT2D eigenvalue weighted by Crippen LogP contribution is 2.36. The molecule has 0 aliphatic carbocycles. The van der Waals surface area contributed by atoms with Gasteiger partial charge in [-0.25, -0.2) is 0 Å². The zero-order valence-electron chi connectivity index (χ0n) is 8.19. The minimum absolute atomic E-state index is 0.256. The third kappa shape index (κ3) is 3.23. The van der Waals surface area contributed by atoms with Gasteiger partial charge in [-0.15, -0.1) is 0 Å². The summed E-state index contributed by atoms with van der Waals surface area (Å²) in [6, 6.07) is 3.59. The van der Waals surface area contributed by atoms with E-state index >= 15 is 0 Å². The first-order valence-corrected chi connectivity index (χ1v) is 4.57. The van der Waals surface area contributed by atoms with Crippen molar-refractivity contribution in [1.82, 2.24) is 0 Å². The summed E-state index contributed by atoms with van der Waals surface area (Å²) >= 11 is 5.45. The maximum absolute atomic E-state index is 12.4. The zero-order chi connectivity index (χ0) is 11.6. The fourth-order valence-electron chi connectivity index (χ4n) is 1.06. The molecule has 15 heavy (non-hydrogen) atoms. The van der Waals surface area contributed by atoms with Crippen LogP contribution in [-0.2, 0) is 6.18 Å².